The number of hydrogen-bond acceptors (Lipinski definition) is 6. The monoisotopic (exact) mass is 425 g/mol. The zero-order valence-corrected chi connectivity index (χ0v) is 18.6. The average Bonchev–Trinajstić information content (AvgIpc) is 3.14. The molecule has 1 heterocycles. The fourth-order valence-corrected chi connectivity index (χ4v) is 3.88. The van der Waals surface area contributed by atoms with E-state index in [2.05, 4.69) is 58.5 Å². The minimum atomic E-state index is -0.127. The van der Waals surface area contributed by atoms with E-state index >= 15 is 0 Å². The van der Waals surface area contributed by atoms with E-state index in [-0.39, 0.29) is 11.7 Å². The van der Waals surface area contributed by atoms with Crippen molar-refractivity contribution in [3.8, 4) is 17.1 Å². The van der Waals surface area contributed by atoms with Gasteiger partial charge in [-0.3, -0.25) is 4.79 Å². The molecule has 0 spiro atoms. The van der Waals surface area contributed by atoms with Crippen LogP contribution in [0.4, 0.5) is 11.4 Å². The van der Waals surface area contributed by atoms with Crippen molar-refractivity contribution in [1.29, 1.82) is 0 Å². The zero-order valence-electron chi connectivity index (χ0n) is 17.8. The van der Waals surface area contributed by atoms with Gasteiger partial charge in [0.05, 0.1) is 18.6 Å². The summed E-state index contributed by atoms with van der Waals surface area (Å²) in [5.74, 6) is 1.50. The third-order valence-corrected chi connectivity index (χ3v) is 5.82. The van der Waals surface area contributed by atoms with E-state index in [0.717, 1.165) is 24.5 Å². The number of aromatic nitrogens is 3. The summed E-state index contributed by atoms with van der Waals surface area (Å²) in [6, 6.07) is 15.6. The molecule has 0 aliphatic carbocycles. The van der Waals surface area contributed by atoms with Crippen LogP contribution >= 0.6 is 11.8 Å². The lowest BCUT2D eigenvalue weighted by Gasteiger charge is -2.21. The molecule has 0 aliphatic rings. The lowest BCUT2D eigenvalue weighted by atomic mass is 10.2. The number of rotatable bonds is 9. The van der Waals surface area contributed by atoms with Crippen LogP contribution in [0.3, 0.4) is 0 Å². The van der Waals surface area contributed by atoms with Gasteiger partial charge in [0.1, 0.15) is 5.75 Å². The normalized spacial score (nSPS) is 10.7. The Morgan fingerprint density at radius 3 is 2.47 bits per heavy atom. The maximum atomic E-state index is 12.4. The molecule has 1 N–H and O–H groups in total. The lowest BCUT2D eigenvalue weighted by Crippen LogP contribution is -2.21. The summed E-state index contributed by atoms with van der Waals surface area (Å²) in [5, 5.41) is 12.1. The van der Waals surface area contributed by atoms with Crippen molar-refractivity contribution in [2.75, 3.05) is 36.2 Å². The number of amides is 1. The van der Waals surface area contributed by atoms with Gasteiger partial charge >= 0.3 is 0 Å². The van der Waals surface area contributed by atoms with Crippen molar-refractivity contribution in [2.45, 2.75) is 19.0 Å². The van der Waals surface area contributed by atoms with Crippen LogP contribution in [0.2, 0.25) is 0 Å². The number of anilines is 2. The van der Waals surface area contributed by atoms with E-state index in [4.69, 9.17) is 4.74 Å². The van der Waals surface area contributed by atoms with Gasteiger partial charge in [0.15, 0.2) is 11.0 Å². The topological polar surface area (TPSA) is 72.3 Å². The van der Waals surface area contributed by atoms with Gasteiger partial charge in [-0.1, -0.05) is 23.9 Å². The molecule has 8 heteroatoms. The molecule has 0 radical (unpaired) electrons. The van der Waals surface area contributed by atoms with Gasteiger partial charge in [-0.25, -0.2) is 0 Å². The van der Waals surface area contributed by atoms with Gasteiger partial charge in [-0.05, 0) is 50.2 Å². The molecule has 0 unspecified atom stereocenters. The van der Waals surface area contributed by atoms with E-state index in [1.54, 1.807) is 7.11 Å². The first-order valence-corrected chi connectivity index (χ1v) is 10.9. The number of nitrogens with one attached hydrogen (secondary N) is 1. The average molecular weight is 426 g/mol. The van der Waals surface area contributed by atoms with Crippen molar-refractivity contribution in [3.05, 3.63) is 48.5 Å². The summed E-state index contributed by atoms with van der Waals surface area (Å²) in [4.78, 5) is 14.6. The second-order valence-electron chi connectivity index (χ2n) is 6.62. The van der Waals surface area contributed by atoms with Gasteiger partial charge in [0.2, 0.25) is 5.91 Å². The molecule has 3 aromatic rings. The Morgan fingerprint density at radius 1 is 1.10 bits per heavy atom. The summed E-state index contributed by atoms with van der Waals surface area (Å²) in [5.41, 5.74) is 2.83. The molecule has 0 saturated carbocycles. The molecular formula is C22H27N5O2S. The van der Waals surface area contributed by atoms with E-state index in [0.29, 0.717) is 16.6 Å². The molecule has 1 amide bonds. The molecule has 158 valence electrons. The Labute approximate surface area is 181 Å². The Hall–Kier alpha value is -3.00. The van der Waals surface area contributed by atoms with Crippen LogP contribution in [0, 0.1) is 0 Å². The van der Waals surface area contributed by atoms with Gasteiger partial charge in [0, 0.05) is 31.4 Å². The van der Waals surface area contributed by atoms with Crippen molar-refractivity contribution in [3.63, 3.8) is 0 Å². The van der Waals surface area contributed by atoms with Crippen molar-refractivity contribution >= 4 is 29.0 Å². The quantitative estimate of drug-likeness (QED) is 0.521. The number of carbonyl (C=O) groups is 1. The number of para-hydroxylation sites is 2. The van der Waals surface area contributed by atoms with Crippen LogP contribution in [-0.2, 0) is 11.8 Å². The Bertz CT molecular complexity index is 983. The number of nitrogens with zero attached hydrogens (tertiary/aromatic N) is 4. The fraction of sp³-hybridized carbons (Fsp3) is 0.318. The first-order chi connectivity index (χ1) is 14.6. The van der Waals surface area contributed by atoms with Gasteiger partial charge in [-0.2, -0.15) is 0 Å². The summed E-state index contributed by atoms with van der Waals surface area (Å²) in [6.45, 7) is 6.23. The number of thioether (sulfide) groups is 1. The number of ether oxygens (including phenoxy) is 1. The number of hydrogen-bond donors (Lipinski definition) is 1. The Morgan fingerprint density at radius 2 is 1.80 bits per heavy atom. The van der Waals surface area contributed by atoms with E-state index in [1.807, 2.05) is 35.9 Å². The smallest absolute Gasteiger partial charge is 0.234 e. The highest BCUT2D eigenvalue weighted by molar-refractivity contribution is 7.99. The van der Waals surface area contributed by atoms with Crippen LogP contribution in [0.25, 0.3) is 11.4 Å². The van der Waals surface area contributed by atoms with Crippen LogP contribution in [0.1, 0.15) is 13.8 Å². The second-order valence-corrected chi connectivity index (χ2v) is 7.56. The first kappa shape index (κ1) is 21.7. The van der Waals surface area contributed by atoms with Gasteiger partial charge in [0.25, 0.3) is 0 Å². The van der Waals surface area contributed by atoms with Gasteiger partial charge < -0.3 is 19.5 Å². The van der Waals surface area contributed by atoms with E-state index in [9.17, 15) is 4.79 Å². The van der Waals surface area contributed by atoms with Crippen LogP contribution < -0.4 is 15.0 Å². The third kappa shape index (κ3) is 4.94. The third-order valence-electron chi connectivity index (χ3n) is 4.80. The van der Waals surface area contributed by atoms with Crippen molar-refractivity contribution in [2.24, 2.45) is 7.05 Å². The van der Waals surface area contributed by atoms with E-state index in [1.165, 1.54) is 17.4 Å². The molecule has 7 nitrogen and oxygen atoms in total. The highest BCUT2D eigenvalue weighted by Gasteiger charge is 2.14. The number of carbonyl (C=O) groups excluding carboxylic acids is 1. The maximum Gasteiger partial charge on any atom is 0.234 e. The summed E-state index contributed by atoms with van der Waals surface area (Å²) in [7, 11) is 3.49. The van der Waals surface area contributed by atoms with Crippen molar-refractivity contribution in [1.82, 2.24) is 14.8 Å². The number of benzene rings is 2. The lowest BCUT2D eigenvalue weighted by molar-refractivity contribution is -0.113. The molecule has 0 saturated heterocycles. The minimum Gasteiger partial charge on any atom is -0.495 e. The minimum absolute atomic E-state index is 0.127. The second kappa shape index (κ2) is 10.2. The maximum absolute atomic E-state index is 12.4. The predicted molar refractivity (Wildman–Crippen MR) is 122 cm³/mol. The van der Waals surface area contributed by atoms with Crippen LogP contribution in [-0.4, -0.2) is 46.6 Å². The highest BCUT2D eigenvalue weighted by Crippen LogP contribution is 2.26. The Kier molecular flexibility index (Phi) is 7.35. The first-order valence-electron chi connectivity index (χ1n) is 9.87. The predicted octanol–water partition coefficient (Wildman–Crippen LogP) is 4.07. The molecular weight excluding hydrogens is 398 g/mol. The summed E-state index contributed by atoms with van der Waals surface area (Å²) in [6.07, 6.45) is 0. The molecule has 0 aliphatic heterocycles. The van der Waals surface area contributed by atoms with E-state index < -0.39 is 0 Å². The zero-order chi connectivity index (χ0) is 21.5. The molecule has 0 atom stereocenters. The SMILES string of the molecule is CCN(CC)c1ccc(-c2nnc(SCC(=O)Nc3ccccc3OC)n2C)cc1. The molecule has 0 bridgehead atoms. The highest BCUT2D eigenvalue weighted by atomic mass is 32.2. The standard InChI is InChI=1S/C22H27N5O2S/c1-5-27(6-2)17-13-11-16(12-14-17)21-24-25-22(26(21)3)30-15-20(28)23-18-9-7-8-10-19(18)29-4/h7-14H,5-6,15H2,1-4H3,(H,23,28). The summed E-state index contributed by atoms with van der Waals surface area (Å²) >= 11 is 1.35. The van der Waals surface area contributed by atoms with Crippen LogP contribution in [0.15, 0.2) is 53.7 Å². The fourth-order valence-electron chi connectivity index (χ4n) is 3.17. The summed E-state index contributed by atoms with van der Waals surface area (Å²) < 4.78 is 7.18. The van der Waals surface area contributed by atoms with Crippen LogP contribution in [0.5, 0.6) is 5.75 Å². The molecule has 2 aromatic carbocycles. The van der Waals surface area contributed by atoms with Crippen molar-refractivity contribution < 1.29 is 9.53 Å². The Balaban J connectivity index is 1.65. The molecule has 0 fully saturated rings. The largest absolute Gasteiger partial charge is 0.495 e. The molecule has 3 rings (SSSR count). The van der Waals surface area contributed by atoms with Gasteiger partial charge in [-0.15, -0.1) is 10.2 Å². The molecule has 1 aromatic heterocycles. The molecule has 30 heavy (non-hydrogen) atoms. The number of methoxy groups -OCH3 is 1.